The number of hydrogen-bond donors (Lipinski definition) is 2. The van der Waals surface area contributed by atoms with Crippen molar-refractivity contribution in [3.8, 4) is 0 Å². The Morgan fingerprint density at radius 2 is 1.15 bits per heavy atom. The minimum Gasteiger partial charge on any atom is -0.273 e. The Balaban J connectivity index is 1.71. The molecule has 0 bridgehead atoms. The first-order valence-corrected chi connectivity index (χ1v) is 8.44. The van der Waals surface area contributed by atoms with Crippen LogP contribution in [0.25, 0.3) is 0 Å². The Morgan fingerprint density at radius 3 is 1.54 bits per heavy atom. The van der Waals surface area contributed by atoms with E-state index in [-0.39, 0.29) is 12.8 Å². The average Bonchev–Trinajstić information content (AvgIpc) is 2.63. The van der Waals surface area contributed by atoms with E-state index in [2.05, 4.69) is 21.1 Å². The second-order valence-electron chi connectivity index (χ2n) is 5.13. The lowest BCUT2D eigenvalue weighted by Gasteiger charge is -2.01. The van der Waals surface area contributed by atoms with Gasteiger partial charge in [-0.3, -0.25) is 9.59 Å². The highest BCUT2D eigenvalue weighted by molar-refractivity contribution is 6.33. The van der Waals surface area contributed by atoms with Gasteiger partial charge in [-0.2, -0.15) is 10.2 Å². The minimum absolute atomic E-state index is 0.0205. The molecule has 0 radical (unpaired) electrons. The molecule has 134 valence electrons. The van der Waals surface area contributed by atoms with Crippen LogP contribution in [0, 0.1) is 0 Å². The lowest BCUT2D eigenvalue weighted by molar-refractivity contribution is -0.126. The van der Waals surface area contributed by atoms with Gasteiger partial charge in [-0.15, -0.1) is 0 Å². The van der Waals surface area contributed by atoms with E-state index >= 15 is 0 Å². The fourth-order valence-electron chi connectivity index (χ4n) is 1.85. The van der Waals surface area contributed by atoms with Crippen LogP contribution in [0.5, 0.6) is 0 Å². The molecule has 2 amide bonds. The highest BCUT2D eigenvalue weighted by atomic mass is 35.5. The molecule has 0 atom stereocenters. The number of amides is 2. The molecule has 0 fully saturated rings. The van der Waals surface area contributed by atoms with Gasteiger partial charge in [-0.1, -0.05) is 59.6 Å². The van der Waals surface area contributed by atoms with Crippen LogP contribution in [0.4, 0.5) is 0 Å². The zero-order valence-corrected chi connectivity index (χ0v) is 15.2. The second-order valence-corrected chi connectivity index (χ2v) is 5.94. The van der Waals surface area contributed by atoms with E-state index in [0.29, 0.717) is 21.2 Å². The number of benzene rings is 2. The smallest absolute Gasteiger partial charge is 0.240 e. The summed E-state index contributed by atoms with van der Waals surface area (Å²) in [7, 11) is 0. The Bertz CT molecular complexity index is 768. The van der Waals surface area contributed by atoms with E-state index < -0.39 is 11.8 Å². The third kappa shape index (κ3) is 6.66. The molecule has 2 aromatic carbocycles. The quantitative estimate of drug-likeness (QED) is 0.560. The van der Waals surface area contributed by atoms with E-state index in [1.807, 2.05) is 12.1 Å². The van der Waals surface area contributed by atoms with E-state index in [4.69, 9.17) is 23.2 Å². The molecule has 8 heteroatoms. The van der Waals surface area contributed by atoms with Gasteiger partial charge in [0.25, 0.3) is 0 Å². The van der Waals surface area contributed by atoms with Crippen molar-refractivity contribution in [3.05, 3.63) is 69.7 Å². The van der Waals surface area contributed by atoms with Crippen molar-refractivity contribution in [1.82, 2.24) is 10.9 Å². The van der Waals surface area contributed by atoms with Crippen LogP contribution in [0.3, 0.4) is 0 Å². The number of hydrazone groups is 2. The van der Waals surface area contributed by atoms with Crippen LogP contribution in [0.2, 0.25) is 10.0 Å². The molecule has 0 aliphatic rings. The average molecular weight is 391 g/mol. The fourth-order valence-corrected chi connectivity index (χ4v) is 2.22. The number of hydrogen-bond acceptors (Lipinski definition) is 4. The van der Waals surface area contributed by atoms with Crippen LogP contribution in [0.1, 0.15) is 24.0 Å². The first-order chi connectivity index (χ1) is 12.6. The van der Waals surface area contributed by atoms with Crippen molar-refractivity contribution in [2.24, 2.45) is 10.2 Å². The summed E-state index contributed by atoms with van der Waals surface area (Å²) in [6, 6.07) is 14.2. The van der Waals surface area contributed by atoms with Gasteiger partial charge in [0.05, 0.1) is 12.4 Å². The predicted molar refractivity (Wildman–Crippen MR) is 104 cm³/mol. The van der Waals surface area contributed by atoms with Gasteiger partial charge in [0, 0.05) is 34.0 Å². The summed E-state index contributed by atoms with van der Waals surface area (Å²) in [6.07, 6.45) is 2.84. The van der Waals surface area contributed by atoms with Crippen LogP contribution in [-0.4, -0.2) is 24.2 Å². The van der Waals surface area contributed by atoms with Crippen molar-refractivity contribution in [3.63, 3.8) is 0 Å². The first kappa shape index (κ1) is 19.6. The summed E-state index contributed by atoms with van der Waals surface area (Å²) >= 11 is 11.9. The van der Waals surface area contributed by atoms with Crippen LogP contribution < -0.4 is 10.9 Å². The molecule has 0 spiro atoms. The molecular weight excluding hydrogens is 375 g/mol. The molecule has 0 saturated carbocycles. The predicted octanol–water partition coefficient (Wildman–Crippen LogP) is 3.37. The van der Waals surface area contributed by atoms with Gasteiger partial charge < -0.3 is 0 Å². The summed E-state index contributed by atoms with van der Waals surface area (Å²) in [4.78, 5) is 23.3. The summed E-state index contributed by atoms with van der Waals surface area (Å²) in [5.74, 6) is -0.780. The Kier molecular flexibility index (Phi) is 7.79. The monoisotopic (exact) mass is 390 g/mol. The van der Waals surface area contributed by atoms with E-state index in [0.717, 1.165) is 0 Å². The van der Waals surface area contributed by atoms with Crippen LogP contribution in [0.15, 0.2) is 58.7 Å². The molecule has 2 rings (SSSR count). The van der Waals surface area contributed by atoms with Crippen molar-refractivity contribution in [1.29, 1.82) is 0 Å². The molecule has 6 nitrogen and oxygen atoms in total. The number of rotatable bonds is 7. The van der Waals surface area contributed by atoms with Gasteiger partial charge in [0.2, 0.25) is 11.8 Å². The molecule has 2 aromatic rings. The van der Waals surface area contributed by atoms with Gasteiger partial charge in [0.1, 0.15) is 0 Å². The third-order valence-corrected chi connectivity index (χ3v) is 3.86. The maximum atomic E-state index is 11.7. The fraction of sp³-hybridized carbons (Fsp3) is 0.111. The zero-order chi connectivity index (χ0) is 18.8. The number of halogens is 2. The van der Waals surface area contributed by atoms with Crippen molar-refractivity contribution in [2.75, 3.05) is 0 Å². The Morgan fingerprint density at radius 1 is 0.769 bits per heavy atom. The SMILES string of the molecule is O=C(CCC(=O)N/N=C\c1ccccc1Cl)N/N=C\c1ccccc1Cl. The molecule has 0 aromatic heterocycles. The standard InChI is InChI=1S/C18H16Cl2N4O2/c19-15-7-3-1-5-13(15)11-21-23-17(25)9-10-18(26)24-22-12-14-6-2-4-8-16(14)20/h1-8,11-12H,9-10H2,(H,23,25)(H,24,26)/b21-11-,22-12-. The van der Waals surface area contributed by atoms with Crippen LogP contribution in [-0.2, 0) is 9.59 Å². The number of nitrogens with one attached hydrogen (secondary N) is 2. The molecule has 0 aliphatic carbocycles. The highest BCUT2D eigenvalue weighted by Crippen LogP contribution is 2.12. The van der Waals surface area contributed by atoms with Gasteiger partial charge >= 0.3 is 0 Å². The molecule has 0 saturated heterocycles. The van der Waals surface area contributed by atoms with E-state index in [1.165, 1.54) is 12.4 Å². The summed E-state index contributed by atoms with van der Waals surface area (Å²) in [5, 5.41) is 8.67. The number of carbonyl (C=O) groups is 2. The summed E-state index contributed by atoms with van der Waals surface area (Å²) in [6.45, 7) is 0. The van der Waals surface area contributed by atoms with Gasteiger partial charge in [0.15, 0.2) is 0 Å². The lowest BCUT2D eigenvalue weighted by Crippen LogP contribution is -2.22. The lowest BCUT2D eigenvalue weighted by atomic mass is 10.2. The van der Waals surface area contributed by atoms with Crippen molar-refractivity contribution in [2.45, 2.75) is 12.8 Å². The van der Waals surface area contributed by atoms with Crippen LogP contribution >= 0.6 is 23.2 Å². The Labute approximate surface area is 160 Å². The van der Waals surface area contributed by atoms with Gasteiger partial charge in [-0.05, 0) is 12.1 Å². The molecule has 2 N–H and O–H groups in total. The third-order valence-electron chi connectivity index (χ3n) is 3.18. The molecular formula is C18H16Cl2N4O2. The second kappa shape index (κ2) is 10.3. The maximum Gasteiger partial charge on any atom is 0.240 e. The Hall–Kier alpha value is -2.70. The maximum absolute atomic E-state index is 11.7. The summed E-state index contributed by atoms with van der Waals surface area (Å²) in [5.41, 5.74) is 6.04. The highest BCUT2D eigenvalue weighted by Gasteiger charge is 2.05. The largest absolute Gasteiger partial charge is 0.273 e. The van der Waals surface area contributed by atoms with Gasteiger partial charge in [-0.25, -0.2) is 10.9 Å². The molecule has 26 heavy (non-hydrogen) atoms. The normalized spacial score (nSPS) is 11.0. The number of carbonyl (C=O) groups excluding carboxylic acids is 2. The zero-order valence-electron chi connectivity index (χ0n) is 13.7. The number of nitrogens with zero attached hydrogens (tertiary/aromatic N) is 2. The molecule has 0 heterocycles. The minimum atomic E-state index is -0.390. The van der Waals surface area contributed by atoms with E-state index in [1.54, 1.807) is 36.4 Å². The first-order valence-electron chi connectivity index (χ1n) is 7.69. The topological polar surface area (TPSA) is 82.9 Å². The van der Waals surface area contributed by atoms with E-state index in [9.17, 15) is 9.59 Å². The molecule has 0 aliphatic heterocycles. The molecule has 0 unspecified atom stereocenters. The van der Waals surface area contributed by atoms with Crippen molar-refractivity contribution >= 4 is 47.4 Å². The summed E-state index contributed by atoms with van der Waals surface area (Å²) < 4.78 is 0. The van der Waals surface area contributed by atoms with Crippen molar-refractivity contribution < 1.29 is 9.59 Å².